The molecule has 0 bridgehead atoms. The van der Waals surface area contributed by atoms with E-state index in [0.29, 0.717) is 0 Å². The molecular formula is C17H20FN3O2S. The van der Waals surface area contributed by atoms with E-state index in [-0.39, 0.29) is 23.3 Å². The van der Waals surface area contributed by atoms with Crippen molar-refractivity contribution in [2.75, 3.05) is 19.6 Å². The zero-order valence-corrected chi connectivity index (χ0v) is 14.0. The molecular weight excluding hydrogens is 329 g/mol. The number of benzene rings is 1. The van der Waals surface area contributed by atoms with Gasteiger partial charge in [-0.3, -0.25) is 9.88 Å². The van der Waals surface area contributed by atoms with Gasteiger partial charge in [0.25, 0.3) is 0 Å². The van der Waals surface area contributed by atoms with Crippen LogP contribution in [0.15, 0.2) is 53.7 Å². The molecule has 2 heterocycles. The van der Waals surface area contributed by atoms with E-state index in [9.17, 15) is 12.8 Å². The Bertz CT molecular complexity index is 760. The number of sulfonamides is 1. The second kappa shape index (κ2) is 7.38. The van der Waals surface area contributed by atoms with Gasteiger partial charge >= 0.3 is 0 Å². The number of hydrogen-bond acceptors (Lipinski definition) is 4. The Morgan fingerprint density at radius 3 is 2.50 bits per heavy atom. The number of aromatic nitrogens is 1. The highest BCUT2D eigenvalue weighted by Crippen LogP contribution is 2.25. The fraction of sp³-hybridized carbons (Fsp3) is 0.353. The summed E-state index contributed by atoms with van der Waals surface area (Å²) in [5.41, 5.74) is 0.909. The Hall–Kier alpha value is -1.83. The number of nitrogens with one attached hydrogen (secondary N) is 1. The number of hydrogen-bond donors (Lipinski definition) is 1. The molecule has 1 fully saturated rings. The van der Waals surface area contributed by atoms with Crippen LogP contribution < -0.4 is 4.72 Å². The summed E-state index contributed by atoms with van der Waals surface area (Å²) in [6, 6.07) is 9.25. The number of halogens is 1. The van der Waals surface area contributed by atoms with E-state index in [2.05, 4.69) is 14.6 Å². The normalized spacial score (nSPS) is 17.0. The average Bonchev–Trinajstić information content (AvgIpc) is 3.12. The molecule has 0 saturated carbocycles. The van der Waals surface area contributed by atoms with E-state index < -0.39 is 10.0 Å². The zero-order valence-electron chi connectivity index (χ0n) is 13.2. The molecule has 1 saturated heterocycles. The van der Waals surface area contributed by atoms with E-state index in [1.165, 1.54) is 30.6 Å². The minimum atomic E-state index is -3.61. The summed E-state index contributed by atoms with van der Waals surface area (Å²) in [5.74, 6) is -0.296. The molecule has 1 atom stereocenters. The predicted octanol–water partition coefficient (Wildman–Crippen LogP) is 2.34. The van der Waals surface area contributed by atoms with E-state index >= 15 is 0 Å². The molecule has 1 N–H and O–H groups in total. The van der Waals surface area contributed by atoms with E-state index in [1.54, 1.807) is 18.2 Å². The molecule has 3 rings (SSSR count). The molecule has 2 aromatic rings. The Balaban J connectivity index is 1.78. The van der Waals surface area contributed by atoms with Crippen LogP contribution in [0, 0.1) is 5.82 Å². The van der Waals surface area contributed by atoms with Crippen molar-refractivity contribution < 1.29 is 12.8 Å². The van der Waals surface area contributed by atoms with Gasteiger partial charge in [0, 0.05) is 25.0 Å². The van der Waals surface area contributed by atoms with Gasteiger partial charge in [-0.05, 0) is 55.8 Å². The molecule has 0 aliphatic carbocycles. The third-order valence-electron chi connectivity index (χ3n) is 4.25. The van der Waals surface area contributed by atoms with E-state index in [4.69, 9.17) is 0 Å². The number of pyridine rings is 1. The molecule has 24 heavy (non-hydrogen) atoms. The first kappa shape index (κ1) is 17.0. The first-order valence-corrected chi connectivity index (χ1v) is 9.44. The van der Waals surface area contributed by atoms with Crippen LogP contribution in [-0.2, 0) is 10.0 Å². The Labute approximate surface area is 141 Å². The van der Waals surface area contributed by atoms with Gasteiger partial charge in [0.15, 0.2) is 0 Å². The lowest BCUT2D eigenvalue weighted by molar-refractivity contribution is 0.246. The average molecular weight is 349 g/mol. The number of likely N-dealkylation sites (tertiary alicyclic amines) is 1. The van der Waals surface area contributed by atoms with Gasteiger partial charge in [-0.25, -0.2) is 17.5 Å². The maximum atomic E-state index is 13.2. The summed E-state index contributed by atoms with van der Waals surface area (Å²) in [7, 11) is -3.61. The van der Waals surface area contributed by atoms with E-state index in [0.717, 1.165) is 31.5 Å². The van der Waals surface area contributed by atoms with Crippen molar-refractivity contribution in [3.8, 4) is 0 Å². The monoisotopic (exact) mass is 349 g/mol. The van der Waals surface area contributed by atoms with Crippen molar-refractivity contribution >= 4 is 10.0 Å². The Morgan fingerprint density at radius 2 is 1.88 bits per heavy atom. The molecule has 1 aliphatic rings. The van der Waals surface area contributed by atoms with Gasteiger partial charge in [-0.15, -0.1) is 0 Å². The minimum absolute atomic E-state index is 0.112. The lowest BCUT2D eigenvalue weighted by atomic mass is 10.1. The van der Waals surface area contributed by atoms with Crippen molar-refractivity contribution in [3.05, 3.63) is 60.2 Å². The van der Waals surface area contributed by atoms with Crippen LogP contribution in [0.25, 0.3) is 0 Å². The largest absolute Gasteiger partial charge is 0.295 e. The quantitative estimate of drug-likeness (QED) is 0.869. The second-order valence-electron chi connectivity index (χ2n) is 5.85. The van der Waals surface area contributed by atoms with Crippen LogP contribution in [0.3, 0.4) is 0 Å². The summed E-state index contributed by atoms with van der Waals surface area (Å²) in [4.78, 5) is 6.23. The molecule has 128 valence electrons. The third-order valence-corrected chi connectivity index (χ3v) is 5.66. The lowest BCUT2D eigenvalue weighted by Crippen LogP contribution is -2.36. The van der Waals surface area contributed by atoms with Crippen molar-refractivity contribution in [3.63, 3.8) is 0 Å². The molecule has 1 aromatic carbocycles. The maximum Gasteiger partial charge on any atom is 0.242 e. The highest BCUT2D eigenvalue weighted by Gasteiger charge is 2.25. The van der Waals surface area contributed by atoms with Crippen LogP contribution >= 0.6 is 0 Å². The van der Waals surface area contributed by atoms with Crippen LogP contribution in [-0.4, -0.2) is 37.9 Å². The molecule has 0 radical (unpaired) electrons. The highest BCUT2D eigenvalue weighted by atomic mass is 32.2. The summed E-state index contributed by atoms with van der Waals surface area (Å²) < 4.78 is 40.7. The van der Waals surface area contributed by atoms with Gasteiger partial charge in [-0.2, -0.15) is 0 Å². The minimum Gasteiger partial charge on any atom is -0.295 e. The smallest absolute Gasteiger partial charge is 0.242 e. The highest BCUT2D eigenvalue weighted by molar-refractivity contribution is 7.89. The van der Waals surface area contributed by atoms with Gasteiger partial charge in [0.2, 0.25) is 10.0 Å². The summed E-state index contributed by atoms with van der Waals surface area (Å²) in [6.07, 6.45) is 5.04. The predicted molar refractivity (Wildman–Crippen MR) is 89.4 cm³/mol. The molecule has 0 unspecified atom stereocenters. The van der Waals surface area contributed by atoms with Crippen LogP contribution in [0.4, 0.5) is 4.39 Å². The SMILES string of the molecule is O=S(=O)(NC[C@H](c1ccc(F)cc1)N1CCCC1)c1cccnc1. The molecule has 1 aliphatic heterocycles. The first-order valence-electron chi connectivity index (χ1n) is 7.95. The molecule has 1 aromatic heterocycles. The standard InChI is InChI=1S/C17H20FN3O2S/c18-15-7-5-14(6-8-15)17(21-10-1-2-11-21)13-20-24(22,23)16-4-3-9-19-12-16/h3-9,12,17,20H,1-2,10-11,13H2/t17-/m1/s1. The summed E-state index contributed by atoms with van der Waals surface area (Å²) in [5, 5.41) is 0. The summed E-state index contributed by atoms with van der Waals surface area (Å²) >= 11 is 0. The molecule has 5 nitrogen and oxygen atoms in total. The van der Waals surface area contributed by atoms with Gasteiger partial charge in [-0.1, -0.05) is 12.1 Å². The van der Waals surface area contributed by atoms with Gasteiger partial charge in [0.1, 0.15) is 10.7 Å². The van der Waals surface area contributed by atoms with Gasteiger partial charge < -0.3 is 0 Å². The fourth-order valence-corrected chi connectivity index (χ4v) is 3.98. The van der Waals surface area contributed by atoms with Crippen LogP contribution in [0.2, 0.25) is 0 Å². The number of rotatable bonds is 6. The number of nitrogens with zero attached hydrogens (tertiary/aromatic N) is 2. The summed E-state index contributed by atoms with van der Waals surface area (Å²) in [6.45, 7) is 2.07. The maximum absolute atomic E-state index is 13.2. The Morgan fingerprint density at radius 1 is 1.17 bits per heavy atom. The lowest BCUT2D eigenvalue weighted by Gasteiger charge is -2.28. The first-order chi connectivity index (χ1) is 11.6. The molecule has 7 heteroatoms. The molecule has 0 spiro atoms. The Kier molecular flexibility index (Phi) is 5.23. The topological polar surface area (TPSA) is 62.3 Å². The third kappa shape index (κ3) is 3.98. The molecule has 0 amide bonds. The van der Waals surface area contributed by atoms with Crippen molar-refractivity contribution in [2.24, 2.45) is 0 Å². The van der Waals surface area contributed by atoms with E-state index in [1.807, 2.05) is 0 Å². The zero-order chi connectivity index (χ0) is 17.0. The van der Waals surface area contributed by atoms with Crippen molar-refractivity contribution in [1.29, 1.82) is 0 Å². The fourth-order valence-electron chi connectivity index (χ4n) is 2.97. The van der Waals surface area contributed by atoms with Crippen molar-refractivity contribution in [2.45, 2.75) is 23.8 Å². The van der Waals surface area contributed by atoms with Gasteiger partial charge in [0.05, 0.1) is 0 Å². The second-order valence-corrected chi connectivity index (χ2v) is 7.62. The van der Waals surface area contributed by atoms with Crippen molar-refractivity contribution in [1.82, 2.24) is 14.6 Å². The van der Waals surface area contributed by atoms with Crippen LogP contribution in [0.1, 0.15) is 24.4 Å². The van der Waals surface area contributed by atoms with Crippen LogP contribution in [0.5, 0.6) is 0 Å².